The summed E-state index contributed by atoms with van der Waals surface area (Å²) in [4.78, 5) is 9.26. The topological polar surface area (TPSA) is 69.6 Å². The van der Waals surface area contributed by atoms with Crippen molar-refractivity contribution in [2.24, 2.45) is 0 Å². The fourth-order valence-corrected chi connectivity index (χ4v) is 1.51. The second-order valence-corrected chi connectivity index (χ2v) is 4.10. The van der Waals surface area contributed by atoms with Gasteiger partial charge in [0.15, 0.2) is 0 Å². The average molecular weight is 243 g/mol. The molecular weight excluding hydrogens is 226 g/mol. The lowest BCUT2D eigenvalue weighted by molar-refractivity contribution is 0.197. The van der Waals surface area contributed by atoms with Crippen LogP contribution in [0.5, 0.6) is 5.75 Å². The van der Waals surface area contributed by atoms with Gasteiger partial charge in [-0.3, -0.25) is 0 Å². The van der Waals surface area contributed by atoms with Crippen LogP contribution in [0.2, 0.25) is 0 Å². The van der Waals surface area contributed by atoms with Crippen LogP contribution in [0.1, 0.15) is 12.5 Å². The fourth-order valence-electron chi connectivity index (χ4n) is 0.845. The van der Waals surface area contributed by atoms with Gasteiger partial charge in [0.05, 0.1) is 0 Å². The lowest BCUT2D eigenvalue weighted by Gasteiger charge is -2.01. The number of benzene rings is 1. The molecule has 0 bridgehead atoms. The van der Waals surface area contributed by atoms with Crippen LogP contribution in [-0.2, 0) is 5.75 Å². The van der Waals surface area contributed by atoms with Gasteiger partial charge in [-0.1, -0.05) is 25.1 Å². The third-order valence-corrected chi connectivity index (χ3v) is 2.59. The molecule has 0 aliphatic rings. The van der Waals surface area contributed by atoms with Gasteiger partial charge < -0.3 is 15.5 Å². The maximum atomic E-state index is 9.32. The van der Waals surface area contributed by atoms with Crippen molar-refractivity contribution >= 4 is 17.9 Å². The first-order valence-electron chi connectivity index (χ1n) is 4.87. The van der Waals surface area contributed by atoms with E-state index in [-0.39, 0.29) is 0 Å². The molecule has 1 aromatic carbocycles. The van der Waals surface area contributed by atoms with E-state index in [2.05, 4.69) is 6.92 Å². The van der Waals surface area contributed by atoms with Crippen LogP contribution in [0.3, 0.4) is 0 Å². The van der Waals surface area contributed by atoms with E-state index in [1.807, 2.05) is 35.3 Å². The van der Waals surface area contributed by atoms with Crippen LogP contribution in [0.15, 0.2) is 24.3 Å². The number of thioether (sulfide) groups is 1. The minimum Gasteiger partial charge on any atom is -0.508 e. The zero-order chi connectivity index (χ0) is 12.4. The molecule has 0 radical (unpaired) electrons. The minimum atomic E-state index is -0.995. The number of phenolic OH excluding ortho intramolecular Hbond substituents is 1. The summed E-state index contributed by atoms with van der Waals surface area (Å²) in [5.41, 5.74) is 1.03. The average Bonchev–Trinajstić information content (AvgIpc) is 2.29. The monoisotopic (exact) mass is 243 g/mol. The Morgan fingerprint density at radius 2 is 2.00 bits per heavy atom. The van der Waals surface area contributed by atoms with E-state index < -0.39 is 6.09 Å². The number of para-hydroxylation sites is 1. The summed E-state index contributed by atoms with van der Waals surface area (Å²) >= 11 is 1.82. The first-order valence-corrected chi connectivity index (χ1v) is 6.02. The first-order chi connectivity index (χ1) is 7.61. The number of phenols is 1. The molecular formula is C11H17NO3S. The zero-order valence-corrected chi connectivity index (χ0v) is 10.3. The third-order valence-electron chi connectivity index (χ3n) is 1.67. The lowest BCUT2D eigenvalue weighted by atomic mass is 10.2. The number of carbonyl (C=O) groups is 1. The Morgan fingerprint density at radius 3 is 2.44 bits per heavy atom. The second kappa shape index (κ2) is 8.91. The van der Waals surface area contributed by atoms with E-state index in [0.717, 1.165) is 17.1 Å². The molecule has 0 atom stereocenters. The van der Waals surface area contributed by atoms with Crippen LogP contribution in [0.25, 0.3) is 0 Å². The highest BCUT2D eigenvalue weighted by Crippen LogP contribution is 2.20. The van der Waals surface area contributed by atoms with Crippen molar-refractivity contribution < 1.29 is 15.0 Å². The van der Waals surface area contributed by atoms with E-state index in [0.29, 0.717) is 5.75 Å². The number of aromatic hydroxyl groups is 1. The number of nitrogens with one attached hydrogen (secondary N) is 1. The molecule has 16 heavy (non-hydrogen) atoms. The van der Waals surface area contributed by atoms with Crippen molar-refractivity contribution in [1.82, 2.24) is 5.32 Å². The van der Waals surface area contributed by atoms with Crippen LogP contribution in [0, 0.1) is 0 Å². The maximum Gasteiger partial charge on any atom is 0.404 e. The van der Waals surface area contributed by atoms with E-state index in [9.17, 15) is 9.90 Å². The van der Waals surface area contributed by atoms with Crippen LogP contribution in [0.4, 0.5) is 4.79 Å². The Bertz CT molecular complexity index is 318. The molecule has 90 valence electrons. The van der Waals surface area contributed by atoms with Gasteiger partial charge in [0, 0.05) is 18.4 Å². The number of hydrogen-bond acceptors (Lipinski definition) is 3. The highest BCUT2D eigenvalue weighted by atomic mass is 32.2. The van der Waals surface area contributed by atoms with Crippen molar-refractivity contribution in [1.29, 1.82) is 0 Å². The summed E-state index contributed by atoms with van der Waals surface area (Å²) in [6.45, 7) is 2.12. The molecule has 1 aromatic rings. The molecule has 0 aromatic heterocycles. The lowest BCUT2D eigenvalue weighted by Crippen LogP contribution is -2.13. The van der Waals surface area contributed by atoms with E-state index in [4.69, 9.17) is 5.11 Å². The highest BCUT2D eigenvalue weighted by Gasteiger charge is 1.96. The largest absolute Gasteiger partial charge is 0.508 e. The predicted molar refractivity (Wildman–Crippen MR) is 67.0 cm³/mol. The number of carboxylic acid groups (broad SMARTS) is 1. The van der Waals surface area contributed by atoms with Gasteiger partial charge in [-0.25, -0.2) is 4.79 Å². The summed E-state index contributed by atoms with van der Waals surface area (Å²) in [6, 6.07) is 7.48. The van der Waals surface area contributed by atoms with Crippen LogP contribution >= 0.6 is 11.8 Å². The SMILES string of the molecule is CCSCc1ccccc1O.CNC(=O)O. The Morgan fingerprint density at radius 1 is 1.44 bits per heavy atom. The Kier molecular flexibility index (Phi) is 8.15. The van der Waals surface area contributed by atoms with Gasteiger partial charge in [0.1, 0.15) is 5.75 Å². The predicted octanol–water partition coefficient (Wildman–Crippen LogP) is 2.53. The van der Waals surface area contributed by atoms with Gasteiger partial charge >= 0.3 is 6.09 Å². The van der Waals surface area contributed by atoms with Crippen molar-refractivity contribution in [3.63, 3.8) is 0 Å². The molecule has 1 rings (SSSR count). The van der Waals surface area contributed by atoms with E-state index >= 15 is 0 Å². The van der Waals surface area contributed by atoms with Gasteiger partial charge in [-0.05, 0) is 11.8 Å². The van der Waals surface area contributed by atoms with Crippen LogP contribution < -0.4 is 5.32 Å². The minimum absolute atomic E-state index is 0.411. The second-order valence-electron chi connectivity index (χ2n) is 2.82. The molecule has 1 amide bonds. The van der Waals surface area contributed by atoms with Crippen molar-refractivity contribution in [3.8, 4) is 5.75 Å². The highest BCUT2D eigenvalue weighted by molar-refractivity contribution is 7.98. The molecule has 0 fully saturated rings. The van der Waals surface area contributed by atoms with Crippen molar-refractivity contribution in [2.75, 3.05) is 12.8 Å². The quantitative estimate of drug-likeness (QED) is 0.763. The molecule has 3 N–H and O–H groups in total. The van der Waals surface area contributed by atoms with Crippen LogP contribution in [-0.4, -0.2) is 29.1 Å². The van der Waals surface area contributed by atoms with Gasteiger partial charge in [-0.2, -0.15) is 11.8 Å². The molecule has 0 spiro atoms. The molecule has 4 nitrogen and oxygen atoms in total. The summed E-state index contributed by atoms with van der Waals surface area (Å²) in [5, 5.41) is 18.9. The Hall–Kier alpha value is -1.36. The maximum absolute atomic E-state index is 9.32. The molecule has 0 saturated carbocycles. The van der Waals surface area contributed by atoms with E-state index in [1.54, 1.807) is 6.07 Å². The normalized spacial score (nSPS) is 8.88. The van der Waals surface area contributed by atoms with Gasteiger partial charge in [0.25, 0.3) is 0 Å². The summed E-state index contributed by atoms with van der Waals surface area (Å²) < 4.78 is 0. The van der Waals surface area contributed by atoms with Crippen molar-refractivity contribution in [2.45, 2.75) is 12.7 Å². The van der Waals surface area contributed by atoms with Crippen molar-refractivity contribution in [3.05, 3.63) is 29.8 Å². The fraction of sp³-hybridized carbons (Fsp3) is 0.364. The Labute approximate surface area is 99.7 Å². The molecule has 0 aliphatic carbocycles. The summed E-state index contributed by atoms with van der Waals surface area (Å²) in [6.07, 6.45) is -0.995. The number of hydrogen-bond donors (Lipinski definition) is 3. The zero-order valence-electron chi connectivity index (χ0n) is 9.43. The third kappa shape index (κ3) is 7.00. The molecule has 5 heteroatoms. The molecule has 0 saturated heterocycles. The smallest absolute Gasteiger partial charge is 0.404 e. The molecule has 0 unspecified atom stereocenters. The van der Waals surface area contributed by atoms with Gasteiger partial charge in [-0.15, -0.1) is 0 Å². The van der Waals surface area contributed by atoms with Gasteiger partial charge in [0.2, 0.25) is 0 Å². The standard InChI is InChI=1S/C9H12OS.C2H5NO2/c1-2-11-7-8-5-3-4-6-9(8)10;1-3-2(4)5/h3-6,10H,2,7H2,1H3;3H,1H3,(H,4,5). The summed E-state index contributed by atoms with van der Waals surface area (Å²) in [7, 11) is 1.35. The number of rotatable bonds is 3. The number of amides is 1. The Balaban J connectivity index is 0.000000385. The van der Waals surface area contributed by atoms with E-state index in [1.165, 1.54) is 7.05 Å². The first kappa shape index (κ1) is 14.6. The molecule has 0 heterocycles. The summed E-state index contributed by atoms with van der Waals surface area (Å²) in [5.74, 6) is 2.41. The molecule has 0 aliphatic heterocycles.